The number of nitrogens with two attached hydrogens (primary N) is 1. The molecule has 0 heterocycles. The zero-order chi connectivity index (χ0) is 12.5. The minimum atomic E-state index is -0.478. The Morgan fingerprint density at radius 3 is 2.76 bits per heavy atom. The molecule has 1 saturated carbocycles. The van der Waals surface area contributed by atoms with Crippen molar-refractivity contribution >= 4 is 23.0 Å². The van der Waals surface area contributed by atoms with Gasteiger partial charge >= 0.3 is 5.69 Å². The van der Waals surface area contributed by atoms with Gasteiger partial charge in [-0.25, -0.2) is 0 Å². The summed E-state index contributed by atoms with van der Waals surface area (Å²) in [5.41, 5.74) is 6.17. The minimum absolute atomic E-state index is 0.0860. The molecule has 0 aliphatic heterocycles. The molecule has 5 nitrogen and oxygen atoms in total. The fraction of sp³-hybridized carbons (Fsp3) is 0.455. The average Bonchev–Trinajstić information content (AvgIpc) is 2.23. The van der Waals surface area contributed by atoms with Gasteiger partial charge in [0.25, 0.3) is 0 Å². The molecular formula is C11H14ClN3O2. The van der Waals surface area contributed by atoms with Crippen molar-refractivity contribution in [2.45, 2.75) is 24.8 Å². The second-order valence-corrected chi connectivity index (χ2v) is 4.87. The molecule has 0 aromatic heterocycles. The number of nitrogens with zero attached hydrogens (tertiary/aromatic N) is 1. The third-order valence-electron chi connectivity index (χ3n) is 3.15. The summed E-state index contributed by atoms with van der Waals surface area (Å²) in [6.07, 6.45) is 3.03. The first kappa shape index (κ1) is 12.1. The van der Waals surface area contributed by atoms with E-state index in [9.17, 15) is 10.1 Å². The number of hydrogen-bond acceptors (Lipinski definition) is 4. The third kappa shape index (κ3) is 2.50. The third-order valence-corrected chi connectivity index (χ3v) is 3.45. The molecule has 0 saturated heterocycles. The summed E-state index contributed by atoms with van der Waals surface area (Å²) in [6, 6.07) is 4.83. The molecule has 0 amide bonds. The number of nitro benzene ring substituents is 1. The predicted molar refractivity (Wildman–Crippen MR) is 67.4 cm³/mol. The first-order valence-electron chi connectivity index (χ1n) is 5.47. The van der Waals surface area contributed by atoms with E-state index in [2.05, 4.69) is 5.32 Å². The molecule has 0 atom stereocenters. The van der Waals surface area contributed by atoms with E-state index in [1.54, 1.807) is 12.1 Å². The van der Waals surface area contributed by atoms with Gasteiger partial charge in [0.15, 0.2) is 0 Å². The molecule has 92 valence electrons. The van der Waals surface area contributed by atoms with E-state index in [1.165, 1.54) is 6.07 Å². The van der Waals surface area contributed by atoms with Crippen LogP contribution in [-0.2, 0) is 0 Å². The highest BCUT2D eigenvalue weighted by molar-refractivity contribution is 6.33. The van der Waals surface area contributed by atoms with Gasteiger partial charge in [0.05, 0.1) is 4.92 Å². The van der Waals surface area contributed by atoms with Crippen LogP contribution in [-0.4, -0.2) is 17.0 Å². The lowest BCUT2D eigenvalue weighted by molar-refractivity contribution is -0.383. The standard InChI is InChI=1S/C11H14ClN3O2/c12-8-3-1-4-9(10(8)15(16)17)14-7-11(13)5-2-6-11/h1,3-4,14H,2,5-7,13H2. The minimum Gasteiger partial charge on any atom is -0.378 e. The van der Waals surface area contributed by atoms with Gasteiger partial charge in [-0.2, -0.15) is 0 Å². The average molecular weight is 256 g/mol. The van der Waals surface area contributed by atoms with Crippen molar-refractivity contribution in [2.75, 3.05) is 11.9 Å². The van der Waals surface area contributed by atoms with Crippen molar-refractivity contribution in [1.82, 2.24) is 0 Å². The van der Waals surface area contributed by atoms with Gasteiger partial charge in [-0.3, -0.25) is 10.1 Å². The molecule has 0 spiro atoms. The van der Waals surface area contributed by atoms with Gasteiger partial charge in [-0.05, 0) is 31.4 Å². The van der Waals surface area contributed by atoms with Gasteiger partial charge < -0.3 is 11.1 Å². The quantitative estimate of drug-likeness (QED) is 0.640. The Morgan fingerprint density at radius 1 is 1.53 bits per heavy atom. The lowest BCUT2D eigenvalue weighted by Gasteiger charge is -2.38. The van der Waals surface area contributed by atoms with E-state index < -0.39 is 4.92 Å². The van der Waals surface area contributed by atoms with E-state index >= 15 is 0 Å². The van der Waals surface area contributed by atoms with Gasteiger partial charge in [0, 0.05) is 12.1 Å². The number of anilines is 1. The van der Waals surface area contributed by atoms with Gasteiger partial charge in [-0.15, -0.1) is 0 Å². The summed E-state index contributed by atoms with van der Waals surface area (Å²) < 4.78 is 0. The van der Waals surface area contributed by atoms with Crippen molar-refractivity contribution in [3.63, 3.8) is 0 Å². The summed E-state index contributed by atoms with van der Waals surface area (Å²) in [5.74, 6) is 0. The topological polar surface area (TPSA) is 81.2 Å². The summed E-state index contributed by atoms with van der Waals surface area (Å²) in [7, 11) is 0. The molecule has 0 unspecified atom stereocenters. The summed E-state index contributed by atoms with van der Waals surface area (Å²) >= 11 is 5.81. The van der Waals surface area contributed by atoms with Crippen molar-refractivity contribution < 1.29 is 4.92 Å². The van der Waals surface area contributed by atoms with Crippen LogP contribution in [0.15, 0.2) is 18.2 Å². The Morgan fingerprint density at radius 2 is 2.24 bits per heavy atom. The fourth-order valence-corrected chi connectivity index (χ4v) is 2.17. The highest BCUT2D eigenvalue weighted by atomic mass is 35.5. The molecule has 3 N–H and O–H groups in total. The van der Waals surface area contributed by atoms with Crippen molar-refractivity contribution in [3.05, 3.63) is 33.3 Å². The van der Waals surface area contributed by atoms with Crippen LogP contribution in [0.5, 0.6) is 0 Å². The van der Waals surface area contributed by atoms with Crippen LogP contribution in [0.3, 0.4) is 0 Å². The van der Waals surface area contributed by atoms with E-state index in [-0.39, 0.29) is 16.2 Å². The maximum absolute atomic E-state index is 10.9. The Balaban J connectivity index is 2.15. The zero-order valence-electron chi connectivity index (χ0n) is 9.28. The lowest BCUT2D eigenvalue weighted by Crippen LogP contribution is -2.52. The van der Waals surface area contributed by atoms with E-state index in [0.29, 0.717) is 12.2 Å². The van der Waals surface area contributed by atoms with Crippen LogP contribution in [0, 0.1) is 10.1 Å². The van der Waals surface area contributed by atoms with Crippen LogP contribution in [0.4, 0.5) is 11.4 Å². The number of nitro groups is 1. The van der Waals surface area contributed by atoms with Gasteiger partial charge in [-0.1, -0.05) is 17.7 Å². The van der Waals surface area contributed by atoms with E-state index in [1.807, 2.05) is 0 Å². The summed E-state index contributed by atoms with van der Waals surface area (Å²) in [5, 5.41) is 14.1. The van der Waals surface area contributed by atoms with Crippen LogP contribution < -0.4 is 11.1 Å². The summed E-state index contributed by atoms with van der Waals surface area (Å²) in [4.78, 5) is 10.4. The Hall–Kier alpha value is -1.33. The van der Waals surface area contributed by atoms with Crippen molar-refractivity contribution in [1.29, 1.82) is 0 Å². The maximum atomic E-state index is 10.9. The molecule has 0 radical (unpaired) electrons. The number of nitrogens with one attached hydrogen (secondary N) is 1. The monoisotopic (exact) mass is 255 g/mol. The molecular weight excluding hydrogens is 242 g/mol. The van der Waals surface area contributed by atoms with Gasteiger partial charge in [0.1, 0.15) is 10.7 Å². The molecule has 1 aliphatic rings. The number of hydrogen-bond donors (Lipinski definition) is 2. The number of benzene rings is 1. The zero-order valence-corrected chi connectivity index (χ0v) is 10.0. The maximum Gasteiger partial charge on any atom is 0.310 e. The largest absolute Gasteiger partial charge is 0.378 e. The Labute approximate surface area is 104 Å². The molecule has 2 rings (SSSR count). The second kappa shape index (κ2) is 4.50. The highest BCUT2D eigenvalue weighted by Crippen LogP contribution is 2.34. The highest BCUT2D eigenvalue weighted by Gasteiger charge is 2.32. The predicted octanol–water partition coefficient (Wildman–Crippen LogP) is 2.54. The van der Waals surface area contributed by atoms with Crippen molar-refractivity contribution in [2.24, 2.45) is 5.73 Å². The SMILES string of the molecule is NC1(CNc2cccc(Cl)c2[N+](=O)[O-])CCC1. The molecule has 1 aromatic rings. The Kier molecular flexibility index (Phi) is 3.22. The molecule has 1 aromatic carbocycles. The number of para-hydroxylation sites is 1. The second-order valence-electron chi connectivity index (χ2n) is 4.46. The smallest absolute Gasteiger partial charge is 0.310 e. The number of rotatable bonds is 4. The normalized spacial score (nSPS) is 17.3. The van der Waals surface area contributed by atoms with Crippen molar-refractivity contribution in [3.8, 4) is 0 Å². The first-order chi connectivity index (χ1) is 8.02. The molecule has 1 fully saturated rings. The molecule has 6 heteroatoms. The summed E-state index contributed by atoms with van der Waals surface area (Å²) in [6.45, 7) is 0.536. The Bertz CT molecular complexity index is 446. The first-order valence-corrected chi connectivity index (χ1v) is 5.85. The molecule has 1 aliphatic carbocycles. The van der Waals surface area contributed by atoms with E-state index in [4.69, 9.17) is 17.3 Å². The van der Waals surface area contributed by atoms with Crippen LogP contribution in [0.1, 0.15) is 19.3 Å². The molecule has 0 bridgehead atoms. The lowest BCUT2D eigenvalue weighted by atomic mass is 9.78. The van der Waals surface area contributed by atoms with Crippen LogP contribution in [0.2, 0.25) is 5.02 Å². The number of halogens is 1. The van der Waals surface area contributed by atoms with Crippen LogP contribution in [0.25, 0.3) is 0 Å². The van der Waals surface area contributed by atoms with Crippen LogP contribution >= 0.6 is 11.6 Å². The molecule has 17 heavy (non-hydrogen) atoms. The van der Waals surface area contributed by atoms with E-state index in [0.717, 1.165) is 19.3 Å². The van der Waals surface area contributed by atoms with Gasteiger partial charge in [0.2, 0.25) is 0 Å². The fourth-order valence-electron chi connectivity index (χ4n) is 1.92.